The fraction of sp³-hybridized carbons (Fsp3) is 1.00. The summed E-state index contributed by atoms with van der Waals surface area (Å²) in [4.78, 5) is 0. The molecule has 13 heavy (non-hydrogen) atoms. The molecule has 0 unspecified atom stereocenters. The van der Waals surface area contributed by atoms with Crippen LogP contribution in [0, 0.1) is 11.8 Å². The summed E-state index contributed by atoms with van der Waals surface area (Å²) in [5.41, 5.74) is 0. The summed E-state index contributed by atoms with van der Waals surface area (Å²) in [5, 5.41) is 3.64. The number of nitrogens with one attached hydrogen (secondary N) is 1. The van der Waals surface area contributed by atoms with E-state index in [1.54, 1.807) is 0 Å². The average Bonchev–Trinajstić information content (AvgIpc) is 1.80. The van der Waals surface area contributed by atoms with Crippen LogP contribution in [0.4, 0.5) is 0 Å². The molecular weight excluding hydrogens is 158 g/mol. The smallest absolute Gasteiger partial charge is 0.00436 e. The lowest BCUT2D eigenvalue weighted by Gasteiger charge is -2.22. The zero-order chi connectivity index (χ0) is 10.4. The molecule has 0 aromatic rings. The van der Waals surface area contributed by atoms with Gasteiger partial charge in [-0.15, -0.1) is 0 Å². The molecule has 0 aliphatic rings. The SMILES string of the molecule is CC(C)C[C@@H](C)N[C@@H](C)CC(C)C. The van der Waals surface area contributed by atoms with Crippen LogP contribution in [-0.4, -0.2) is 12.1 Å². The lowest BCUT2D eigenvalue weighted by atomic mass is 10.0. The van der Waals surface area contributed by atoms with Gasteiger partial charge in [0.25, 0.3) is 0 Å². The highest BCUT2D eigenvalue weighted by atomic mass is 14.9. The van der Waals surface area contributed by atoms with Crippen molar-refractivity contribution in [1.29, 1.82) is 0 Å². The first-order valence-electron chi connectivity index (χ1n) is 5.67. The Morgan fingerprint density at radius 2 is 1.00 bits per heavy atom. The van der Waals surface area contributed by atoms with Crippen molar-refractivity contribution < 1.29 is 0 Å². The lowest BCUT2D eigenvalue weighted by Crippen LogP contribution is -2.36. The maximum Gasteiger partial charge on any atom is 0.00436 e. The van der Waals surface area contributed by atoms with E-state index in [2.05, 4.69) is 46.9 Å². The molecule has 0 fully saturated rings. The molecule has 1 N–H and O–H groups in total. The van der Waals surface area contributed by atoms with Crippen LogP contribution in [0.2, 0.25) is 0 Å². The van der Waals surface area contributed by atoms with Gasteiger partial charge in [-0.25, -0.2) is 0 Å². The van der Waals surface area contributed by atoms with E-state index in [4.69, 9.17) is 0 Å². The second kappa shape index (κ2) is 6.42. The van der Waals surface area contributed by atoms with Gasteiger partial charge in [0, 0.05) is 12.1 Å². The van der Waals surface area contributed by atoms with Gasteiger partial charge < -0.3 is 5.32 Å². The molecule has 0 saturated heterocycles. The average molecular weight is 185 g/mol. The second-order valence-corrected chi connectivity index (χ2v) is 5.23. The molecule has 2 atom stereocenters. The molecule has 1 heteroatoms. The van der Waals surface area contributed by atoms with E-state index in [1.165, 1.54) is 12.8 Å². The molecule has 80 valence electrons. The molecule has 0 aliphatic heterocycles. The van der Waals surface area contributed by atoms with Crippen LogP contribution >= 0.6 is 0 Å². The summed E-state index contributed by atoms with van der Waals surface area (Å²) in [6.45, 7) is 13.7. The minimum atomic E-state index is 0.661. The van der Waals surface area contributed by atoms with Gasteiger partial charge in [-0.1, -0.05) is 27.7 Å². The fourth-order valence-electron chi connectivity index (χ4n) is 2.04. The Bertz CT molecular complexity index is 104. The molecular formula is C12H27N. The first kappa shape index (κ1) is 13.0. The van der Waals surface area contributed by atoms with E-state index >= 15 is 0 Å². The van der Waals surface area contributed by atoms with Crippen molar-refractivity contribution in [3.05, 3.63) is 0 Å². The highest BCUT2D eigenvalue weighted by Crippen LogP contribution is 2.08. The predicted octanol–water partition coefficient (Wildman–Crippen LogP) is 3.45. The van der Waals surface area contributed by atoms with Crippen molar-refractivity contribution in [3.8, 4) is 0 Å². The van der Waals surface area contributed by atoms with E-state index < -0.39 is 0 Å². The maximum absolute atomic E-state index is 3.64. The van der Waals surface area contributed by atoms with Gasteiger partial charge in [-0.3, -0.25) is 0 Å². The Hall–Kier alpha value is -0.0400. The maximum atomic E-state index is 3.64. The Labute approximate surface area is 84.3 Å². The highest BCUT2D eigenvalue weighted by molar-refractivity contribution is 4.69. The van der Waals surface area contributed by atoms with E-state index in [0.717, 1.165) is 11.8 Å². The molecule has 0 saturated carbocycles. The van der Waals surface area contributed by atoms with Crippen molar-refractivity contribution in [2.75, 3.05) is 0 Å². The fourth-order valence-corrected chi connectivity index (χ4v) is 2.04. The summed E-state index contributed by atoms with van der Waals surface area (Å²) in [7, 11) is 0. The third-order valence-electron chi connectivity index (χ3n) is 2.22. The van der Waals surface area contributed by atoms with Crippen LogP contribution in [0.5, 0.6) is 0 Å². The standard InChI is InChI=1S/C12H27N/c1-9(2)7-11(5)13-12(6)8-10(3)4/h9-13H,7-8H2,1-6H3/t11-,12+. The van der Waals surface area contributed by atoms with Gasteiger partial charge >= 0.3 is 0 Å². The lowest BCUT2D eigenvalue weighted by molar-refractivity contribution is 0.365. The quantitative estimate of drug-likeness (QED) is 0.668. The molecule has 0 aromatic carbocycles. The van der Waals surface area contributed by atoms with Gasteiger partial charge in [-0.05, 0) is 38.5 Å². The van der Waals surface area contributed by atoms with Gasteiger partial charge in [0.05, 0.1) is 0 Å². The molecule has 0 bridgehead atoms. The zero-order valence-corrected chi connectivity index (χ0v) is 10.2. The first-order valence-corrected chi connectivity index (χ1v) is 5.67. The van der Waals surface area contributed by atoms with Crippen molar-refractivity contribution in [2.45, 2.75) is 66.5 Å². The summed E-state index contributed by atoms with van der Waals surface area (Å²) in [6.07, 6.45) is 2.56. The van der Waals surface area contributed by atoms with Gasteiger partial charge in [0.1, 0.15) is 0 Å². The molecule has 0 radical (unpaired) electrons. The van der Waals surface area contributed by atoms with E-state index in [1.807, 2.05) is 0 Å². The minimum Gasteiger partial charge on any atom is -0.312 e. The summed E-state index contributed by atoms with van der Waals surface area (Å²) in [6, 6.07) is 1.32. The number of hydrogen-bond acceptors (Lipinski definition) is 1. The van der Waals surface area contributed by atoms with Gasteiger partial charge in [-0.2, -0.15) is 0 Å². The van der Waals surface area contributed by atoms with Crippen LogP contribution in [0.25, 0.3) is 0 Å². The molecule has 0 aromatic heterocycles. The number of rotatable bonds is 6. The first-order chi connectivity index (χ1) is 5.91. The Balaban J connectivity index is 3.58. The summed E-state index contributed by atoms with van der Waals surface area (Å²) in [5.74, 6) is 1.60. The van der Waals surface area contributed by atoms with Gasteiger partial charge in [0.15, 0.2) is 0 Å². The van der Waals surface area contributed by atoms with E-state index in [0.29, 0.717) is 12.1 Å². The normalized spacial score (nSPS) is 16.6. The zero-order valence-electron chi connectivity index (χ0n) is 10.2. The van der Waals surface area contributed by atoms with Crippen LogP contribution < -0.4 is 5.32 Å². The summed E-state index contributed by atoms with van der Waals surface area (Å²) >= 11 is 0. The molecule has 0 spiro atoms. The van der Waals surface area contributed by atoms with Crippen LogP contribution in [0.15, 0.2) is 0 Å². The topological polar surface area (TPSA) is 12.0 Å². The van der Waals surface area contributed by atoms with E-state index in [-0.39, 0.29) is 0 Å². The molecule has 0 rings (SSSR count). The van der Waals surface area contributed by atoms with Crippen LogP contribution in [-0.2, 0) is 0 Å². The predicted molar refractivity (Wildman–Crippen MR) is 61.0 cm³/mol. The molecule has 0 amide bonds. The molecule has 0 heterocycles. The molecule has 0 aliphatic carbocycles. The van der Waals surface area contributed by atoms with Crippen molar-refractivity contribution in [3.63, 3.8) is 0 Å². The molecule has 1 nitrogen and oxygen atoms in total. The van der Waals surface area contributed by atoms with Crippen LogP contribution in [0.3, 0.4) is 0 Å². The summed E-state index contributed by atoms with van der Waals surface area (Å²) < 4.78 is 0. The van der Waals surface area contributed by atoms with Crippen molar-refractivity contribution in [1.82, 2.24) is 5.32 Å². The Kier molecular flexibility index (Phi) is 6.40. The second-order valence-electron chi connectivity index (χ2n) is 5.23. The minimum absolute atomic E-state index is 0.661. The number of hydrogen-bond donors (Lipinski definition) is 1. The highest BCUT2D eigenvalue weighted by Gasteiger charge is 2.09. The van der Waals surface area contributed by atoms with Gasteiger partial charge in [0.2, 0.25) is 0 Å². The third-order valence-corrected chi connectivity index (χ3v) is 2.22. The van der Waals surface area contributed by atoms with Crippen LogP contribution in [0.1, 0.15) is 54.4 Å². The van der Waals surface area contributed by atoms with Crippen molar-refractivity contribution in [2.24, 2.45) is 11.8 Å². The third kappa shape index (κ3) is 8.29. The Morgan fingerprint density at radius 3 is 1.23 bits per heavy atom. The van der Waals surface area contributed by atoms with E-state index in [9.17, 15) is 0 Å². The monoisotopic (exact) mass is 185 g/mol. The Morgan fingerprint density at radius 1 is 0.692 bits per heavy atom. The largest absolute Gasteiger partial charge is 0.312 e. The van der Waals surface area contributed by atoms with Crippen molar-refractivity contribution >= 4 is 0 Å².